The highest BCUT2D eigenvalue weighted by Gasteiger charge is 2.13. The molecule has 1 aromatic carbocycles. The number of carboxylic acids is 1. The molecule has 6 heteroatoms. The van der Waals surface area contributed by atoms with E-state index in [1.807, 2.05) is 0 Å². The number of aromatic nitrogens is 1. The van der Waals surface area contributed by atoms with Gasteiger partial charge in [-0.3, -0.25) is 4.79 Å². The topological polar surface area (TPSA) is 79.5 Å². The summed E-state index contributed by atoms with van der Waals surface area (Å²) in [6.45, 7) is 0.127. The molecule has 0 saturated carbocycles. The molecule has 21 heavy (non-hydrogen) atoms. The van der Waals surface area contributed by atoms with Crippen LogP contribution in [0.3, 0.4) is 0 Å². The molecule has 2 N–H and O–H groups in total. The maximum atomic E-state index is 13.6. The summed E-state index contributed by atoms with van der Waals surface area (Å²) in [6.07, 6.45) is 2.20. The number of rotatable bonds is 5. The Balaban J connectivity index is 2.27. The van der Waals surface area contributed by atoms with Gasteiger partial charge in [0.05, 0.1) is 12.2 Å². The third kappa shape index (κ3) is 3.36. The summed E-state index contributed by atoms with van der Waals surface area (Å²) in [4.78, 5) is 22.4. The van der Waals surface area contributed by atoms with Crippen molar-refractivity contribution < 1.29 is 24.2 Å². The van der Waals surface area contributed by atoms with Crippen LogP contribution in [0.2, 0.25) is 0 Å². The Hall–Kier alpha value is -2.89. The van der Waals surface area contributed by atoms with Crippen LogP contribution in [-0.4, -0.2) is 26.5 Å². The molecule has 0 aliphatic rings. The van der Waals surface area contributed by atoms with Crippen molar-refractivity contribution in [3.8, 4) is 0 Å². The average Bonchev–Trinajstić information content (AvgIpc) is 2.89. The molecular weight excluding hydrogens is 277 g/mol. The molecule has 0 unspecified atom stereocenters. The van der Waals surface area contributed by atoms with Crippen molar-refractivity contribution in [3.05, 3.63) is 71.5 Å². The van der Waals surface area contributed by atoms with Crippen molar-refractivity contribution >= 4 is 11.8 Å². The van der Waals surface area contributed by atoms with Crippen molar-refractivity contribution in [1.82, 2.24) is 4.57 Å². The van der Waals surface area contributed by atoms with Crippen LogP contribution in [0.1, 0.15) is 16.1 Å². The summed E-state index contributed by atoms with van der Waals surface area (Å²) in [5, 5.41) is 17.6. The van der Waals surface area contributed by atoms with E-state index in [1.165, 1.54) is 16.7 Å². The summed E-state index contributed by atoms with van der Waals surface area (Å²) < 4.78 is 15.1. The highest BCUT2D eigenvalue weighted by molar-refractivity contribution is 6.06. The molecule has 0 fully saturated rings. The van der Waals surface area contributed by atoms with Crippen molar-refractivity contribution in [2.75, 3.05) is 0 Å². The van der Waals surface area contributed by atoms with Gasteiger partial charge in [-0.1, -0.05) is 18.2 Å². The number of aliphatic carboxylic acids is 1. The number of allylic oxidation sites excluding steroid dienone is 1. The molecule has 108 valence electrons. The van der Waals surface area contributed by atoms with Gasteiger partial charge in [-0.2, -0.15) is 0 Å². The monoisotopic (exact) mass is 289 g/mol. The van der Waals surface area contributed by atoms with Crippen LogP contribution in [0.4, 0.5) is 4.39 Å². The van der Waals surface area contributed by atoms with Crippen LogP contribution in [0.5, 0.6) is 0 Å². The highest BCUT2D eigenvalue weighted by atomic mass is 19.1. The Morgan fingerprint density at radius 1 is 1.14 bits per heavy atom. The number of hydrogen-bond acceptors (Lipinski definition) is 3. The van der Waals surface area contributed by atoms with Crippen LogP contribution in [0, 0.1) is 5.82 Å². The van der Waals surface area contributed by atoms with Gasteiger partial charge in [0.2, 0.25) is 11.5 Å². The van der Waals surface area contributed by atoms with E-state index in [-0.39, 0.29) is 12.2 Å². The molecule has 1 aromatic heterocycles. The van der Waals surface area contributed by atoms with Crippen molar-refractivity contribution in [2.24, 2.45) is 0 Å². The number of benzene rings is 1. The molecule has 5 nitrogen and oxygen atoms in total. The van der Waals surface area contributed by atoms with E-state index in [9.17, 15) is 14.0 Å². The molecular formula is C15H12FNO4. The Kier molecular flexibility index (Phi) is 4.18. The van der Waals surface area contributed by atoms with Crippen LogP contribution >= 0.6 is 0 Å². The molecule has 1 heterocycles. The molecule has 0 aliphatic carbocycles. The van der Waals surface area contributed by atoms with E-state index in [2.05, 4.69) is 0 Å². The maximum Gasteiger partial charge on any atom is 0.371 e. The van der Waals surface area contributed by atoms with Gasteiger partial charge in [-0.15, -0.1) is 0 Å². The Morgan fingerprint density at radius 3 is 2.52 bits per heavy atom. The largest absolute Gasteiger partial charge is 0.502 e. The molecule has 2 rings (SSSR count). The first-order valence-electron chi connectivity index (χ1n) is 6.06. The maximum absolute atomic E-state index is 13.6. The van der Waals surface area contributed by atoms with Crippen LogP contribution in [-0.2, 0) is 11.3 Å². The van der Waals surface area contributed by atoms with Gasteiger partial charge >= 0.3 is 5.97 Å². The van der Waals surface area contributed by atoms with Gasteiger partial charge in [0.25, 0.3) is 0 Å². The highest BCUT2D eigenvalue weighted by Crippen LogP contribution is 2.12. The predicted molar refractivity (Wildman–Crippen MR) is 72.6 cm³/mol. The average molecular weight is 289 g/mol. The smallest absolute Gasteiger partial charge is 0.371 e. The summed E-state index contributed by atoms with van der Waals surface area (Å²) in [5.41, 5.74) is 0.556. The Bertz CT molecular complexity index is 718. The van der Waals surface area contributed by atoms with Crippen molar-refractivity contribution in [2.45, 2.75) is 6.54 Å². The molecule has 0 bridgehead atoms. The summed E-state index contributed by atoms with van der Waals surface area (Å²) in [6, 6.07) is 9.20. The summed E-state index contributed by atoms with van der Waals surface area (Å²) >= 11 is 0. The van der Waals surface area contributed by atoms with Gasteiger partial charge in [0.15, 0.2) is 0 Å². The minimum Gasteiger partial charge on any atom is -0.502 e. The van der Waals surface area contributed by atoms with Gasteiger partial charge < -0.3 is 14.8 Å². The molecule has 0 saturated heterocycles. The quantitative estimate of drug-likeness (QED) is 0.503. The number of hydrogen-bond donors (Lipinski definition) is 2. The molecule has 2 aromatic rings. The predicted octanol–water partition coefficient (Wildman–Crippen LogP) is 2.38. The second-order valence-corrected chi connectivity index (χ2v) is 4.31. The minimum atomic E-state index is -1.59. The molecule has 0 aliphatic heterocycles. The number of carbonyl (C=O) groups is 2. The standard InChI is InChI=1S/C15H12FNO4/c16-11-5-2-1-4-10(11)9-17-7-3-6-12(17)13(18)8-14(19)15(20)21/h1-8,19H,9H2,(H,20,21)/b14-8-. The van der Waals surface area contributed by atoms with E-state index in [0.29, 0.717) is 11.6 Å². The lowest BCUT2D eigenvalue weighted by Crippen LogP contribution is -2.10. The fourth-order valence-electron chi connectivity index (χ4n) is 1.85. The van der Waals surface area contributed by atoms with Crippen LogP contribution in [0.25, 0.3) is 0 Å². The van der Waals surface area contributed by atoms with Gasteiger partial charge in [0.1, 0.15) is 5.82 Å². The SMILES string of the molecule is O=C(O)/C(O)=C/C(=O)c1cccn1Cc1ccccc1F. The molecule has 0 amide bonds. The number of halogens is 1. The van der Waals surface area contributed by atoms with Crippen LogP contribution < -0.4 is 0 Å². The molecule has 0 radical (unpaired) electrons. The third-order valence-electron chi connectivity index (χ3n) is 2.87. The third-order valence-corrected chi connectivity index (χ3v) is 2.87. The summed E-state index contributed by atoms with van der Waals surface area (Å²) in [5.74, 6) is -3.70. The normalized spacial score (nSPS) is 11.4. The summed E-state index contributed by atoms with van der Waals surface area (Å²) in [7, 11) is 0. The fourth-order valence-corrected chi connectivity index (χ4v) is 1.85. The van der Waals surface area contributed by atoms with Crippen molar-refractivity contribution in [3.63, 3.8) is 0 Å². The number of nitrogens with zero attached hydrogens (tertiary/aromatic N) is 1. The number of ketones is 1. The van der Waals surface area contributed by atoms with Crippen molar-refractivity contribution in [1.29, 1.82) is 0 Å². The zero-order valence-electron chi connectivity index (χ0n) is 10.9. The first-order valence-corrected chi connectivity index (χ1v) is 6.06. The van der Waals surface area contributed by atoms with E-state index < -0.39 is 23.3 Å². The molecule has 0 atom stereocenters. The van der Waals surface area contributed by atoms with E-state index in [0.717, 1.165) is 0 Å². The zero-order chi connectivity index (χ0) is 15.4. The number of aliphatic hydroxyl groups excluding tert-OH is 1. The first-order chi connectivity index (χ1) is 9.99. The number of carbonyl (C=O) groups excluding carboxylic acids is 1. The lowest BCUT2D eigenvalue weighted by Gasteiger charge is -2.08. The Morgan fingerprint density at radius 2 is 1.86 bits per heavy atom. The second-order valence-electron chi connectivity index (χ2n) is 4.31. The number of carboxylic acid groups (broad SMARTS) is 1. The molecule has 0 spiro atoms. The zero-order valence-corrected chi connectivity index (χ0v) is 10.9. The van der Waals surface area contributed by atoms with E-state index >= 15 is 0 Å². The number of aliphatic hydroxyl groups is 1. The van der Waals surface area contributed by atoms with E-state index in [1.54, 1.807) is 30.5 Å². The fraction of sp³-hybridized carbons (Fsp3) is 0.0667. The van der Waals surface area contributed by atoms with Gasteiger partial charge in [-0.25, -0.2) is 9.18 Å². The van der Waals surface area contributed by atoms with Gasteiger partial charge in [0, 0.05) is 17.8 Å². The Labute approximate surface area is 119 Å². The first kappa shape index (κ1) is 14.5. The minimum absolute atomic E-state index is 0.127. The van der Waals surface area contributed by atoms with E-state index in [4.69, 9.17) is 10.2 Å². The lowest BCUT2D eigenvalue weighted by atomic mass is 10.2. The lowest BCUT2D eigenvalue weighted by molar-refractivity contribution is -0.135. The van der Waals surface area contributed by atoms with Crippen LogP contribution in [0.15, 0.2) is 54.4 Å². The van der Waals surface area contributed by atoms with Gasteiger partial charge in [-0.05, 0) is 18.2 Å². The second kappa shape index (κ2) is 6.04.